The number of nitriles is 1. The van der Waals surface area contributed by atoms with Crippen molar-refractivity contribution in [3.05, 3.63) is 35.4 Å². The first-order valence-corrected chi connectivity index (χ1v) is 10.2. The lowest BCUT2D eigenvalue weighted by Gasteiger charge is -2.34. The van der Waals surface area contributed by atoms with Crippen molar-refractivity contribution < 1.29 is 9.59 Å². The van der Waals surface area contributed by atoms with Crippen LogP contribution in [-0.2, 0) is 11.3 Å². The summed E-state index contributed by atoms with van der Waals surface area (Å²) in [6.45, 7) is 4.45. The first-order valence-electron chi connectivity index (χ1n) is 10.2. The second kappa shape index (κ2) is 10.2. The van der Waals surface area contributed by atoms with Gasteiger partial charge in [-0.25, -0.2) is 4.79 Å². The minimum atomic E-state index is -0.364. The molecule has 0 unspecified atom stereocenters. The maximum Gasteiger partial charge on any atom is 0.321 e. The van der Waals surface area contributed by atoms with Crippen molar-refractivity contribution in [1.82, 2.24) is 20.4 Å². The highest BCUT2D eigenvalue weighted by molar-refractivity contribution is 5.95. The van der Waals surface area contributed by atoms with E-state index in [0.29, 0.717) is 5.56 Å². The summed E-state index contributed by atoms with van der Waals surface area (Å²) in [7, 11) is 0. The van der Waals surface area contributed by atoms with Crippen molar-refractivity contribution in [2.45, 2.75) is 44.7 Å². The van der Waals surface area contributed by atoms with Crippen molar-refractivity contribution in [2.75, 3.05) is 32.7 Å². The van der Waals surface area contributed by atoms with Crippen LogP contribution in [0.1, 0.15) is 43.2 Å². The molecule has 0 radical (unpaired) electrons. The number of urea groups is 1. The average molecular weight is 383 g/mol. The van der Waals surface area contributed by atoms with Gasteiger partial charge in [-0.1, -0.05) is 31.4 Å². The molecule has 2 aliphatic rings. The third-order valence-electron chi connectivity index (χ3n) is 5.51. The second-order valence-electron chi connectivity index (χ2n) is 7.72. The molecule has 1 aromatic carbocycles. The van der Waals surface area contributed by atoms with Gasteiger partial charge in [0.1, 0.15) is 0 Å². The van der Waals surface area contributed by atoms with Crippen molar-refractivity contribution in [3.8, 4) is 6.07 Å². The fourth-order valence-corrected chi connectivity index (χ4v) is 3.89. The summed E-state index contributed by atoms with van der Waals surface area (Å²) in [5.74, 6) is -0.242. The van der Waals surface area contributed by atoms with Crippen LogP contribution in [0, 0.1) is 11.3 Å². The lowest BCUT2D eigenvalue weighted by Crippen LogP contribution is -2.51. The van der Waals surface area contributed by atoms with Gasteiger partial charge in [0, 0.05) is 38.8 Å². The molecule has 1 saturated heterocycles. The average Bonchev–Trinajstić information content (AvgIpc) is 2.70. The lowest BCUT2D eigenvalue weighted by atomic mass is 9.96. The number of carbonyl (C=O) groups excluding carboxylic acids is 2. The molecule has 28 heavy (non-hydrogen) atoms. The Morgan fingerprint density at radius 2 is 1.64 bits per heavy atom. The van der Waals surface area contributed by atoms with E-state index < -0.39 is 0 Å². The molecule has 0 atom stereocenters. The maximum absolute atomic E-state index is 12.1. The molecule has 1 aliphatic heterocycles. The molecular weight excluding hydrogens is 354 g/mol. The standard InChI is InChI=1S/C21H29N5O2/c22-14-17-6-8-18(9-7-17)15-25-10-12-26(13-11-25)16-20(27)24-21(28)23-19-4-2-1-3-5-19/h6-9,19H,1-5,10-13,15-16H2,(H2,23,24,27,28). The summed E-state index contributed by atoms with van der Waals surface area (Å²) in [6, 6.07) is 9.63. The van der Waals surface area contributed by atoms with Gasteiger partial charge in [0.05, 0.1) is 18.2 Å². The molecule has 1 aromatic rings. The molecule has 2 N–H and O–H groups in total. The highest BCUT2D eigenvalue weighted by Gasteiger charge is 2.21. The van der Waals surface area contributed by atoms with Crippen LogP contribution in [0.25, 0.3) is 0 Å². The number of nitrogens with one attached hydrogen (secondary N) is 2. The Labute approximate surface area is 166 Å². The molecule has 0 aromatic heterocycles. The van der Waals surface area contributed by atoms with Crippen LogP contribution >= 0.6 is 0 Å². The zero-order valence-corrected chi connectivity index (χ0v) is 16.3. The molecular formula is C21H29N5O2. The molecule has 1 saturated carbocycles. The molecule has 0 spiro atoms. The Morgan fingerprint density at radius 1 is 1.00 bits per heavy atom. The normalized spacial score (nSPS) is 19.0. The van der Waals surface area contributed by atoms with Gasteiger partial charge in [-0.2, -0.15) is 5.26 Å². The second-order valence-corrected chi connectivity index (χ2v) is 7.72. The van der Waals surface area contributed by atoms with Crippen molar-refractivity contribution in [1.29, 1.82) is 5.26 Å². The number of benzene rings is 1. The van der Waals surface area contributed by atoms with Gasteiger partial charge in [0.2, 0.25) is 5.91 Å². The number of nitrogens with zero attached hydrogens (tertiary/aromatic N) is 3. The van der Waals surface area contributed by atoms with E-state index >= 15 is 0 Å². The van der Waals surface area contributed by atoms with Crippen molar-refractivity contribution in [3.63, 3.8) is 0 Å². The third-order valence-corrected chi connectivity index (χ3v) is 5.51. The van der Waals surface area contributed by atoms with E-state index in [-0.39, 0.29) is 24.5 Å². The summed E-state index contributed by atoms with van der Waals surface area (Å²) < 4.78 is 0. The van der Waals surface area contributed by atoms with Crippen LogP contribution < -0.4 is 10.6 Å². The number of amides is 3. The quantitative estimate of drug-likeness (QED) is 0.810. The van der Waals surface area contributed by atoms with Gasteiger partial charge < -0.3 is 5.32 Å². The number of rotatable bonds is 5. The highest BCUT2D eigenvalue weighted by atomic mass is 16.2. The van der Waals surface area contributed by atoms with Gasteiger partial charge in [-0.15, -0.1) is 0 Å². The summed E-state index contributed by atoms with van der Waals surface area (Å²) in [4.78, 5) is 28.5. The topological polar surface area (TPSA) is 88.5 Å². The number of imide groups is 1. The van der Waals surface area contributed by atoms with Crippen molar-refractivity contribution >= 4 is 11.9 Å². The molecule has 7 heteroatoms. The van der Waals surface area contributed by atoms with Gasteiger partial charge in [-0.3, -0.25) is 19.9 Å². The van der Waals surface area contributed by atoms with Gasteiger partial charge in [0.25, 0.3) is 0 Å². The van der Waals surface area contributed by atoms with Gasteiger partial charge >= 0.3 is 6.03 Å². The van der Waals surface area contributed by atoms with Crippen LogP contribution in [-0.4, -0.2) is 60.5 Å². The van der Waals surface area contributed by atoms with E-state index in [4.69, 9.17) is 5.26 Å². The largest absolute Gasteiger partial charge is 0.335 e. The van der Waals surface area contributed by atoms with E-state index in [0.717, 1.165) is 58.4 Å². The van der Waals surface area contributed by atoms with Gasteiger partial charge in [-0.05, 0) is 30.5 Å². The van der Waals surface area contributed by atoms with E-state index in [1.807, 2.05) is 24.3 Å². The Morgan fingerprint density at radius 3 is 2.29 bits per heavy atom. The van der Waals surface area contributed by atoms with E-state index in [9.17, 15) is 9.59 Å². The molecule has 0 bridgehead atoms. The Hall–Kier alpha value is -2.43. The summed E-state index contributed by atoms with van der Waals surface area (Å²) >= 11 is 0. The van der Waals surface area contributed by atoms with Gasteiger partial charge in [0.15, 0.2) is 0 Å². The molecule has 2 fully saturated rings. The fourth-order valence-electron chi connectivity index (χ4n) is 3.89. The molecule has 1 heterocycles. The number of piperazine rings is 1. The Bertz CT molecular complexity index is 699. The molecule has 7 nitrogen and oxygen atoms in total. The predicted octanol–water partition coefficient (Wildman–Crippen LogP) is 1.83. The van der Waals surface area contributed by atoms with Crippen LogP contribution in [0.5, 0.6) is 0 Å². The smallest absolute Gasteiger partial charge is 0.321 e. The first-order chi connectivity index (χ1) is 13.6. The minimum Gasteiger partial charge on any atom is -0.335 e. The Balaban J connectivity index is 1.34. The zero-order chi connectivity index (χ0) is 19.8. The number of carbonyl (C=O) groups is 2. The summed E-state index contributed by atoms with van der Waals surface area (Å²) in [5.41, 5.74) is 1.86. The molecule has 3 amide bonds. The Kier molecular flexibility index (Phi) is 7.40. The van der Waals surface area contributed by atoms with Crippen LogP contribution in [0.2, 0.25) is 0 Å². The molecule has 3 rings (SSSR count). The highest BCUT2D eigenvalue weighted by Crippen LogP contribution is 2.17. The lowest BCUT2D eigenvalue weighted by molar-refractivity contribution is -0.121. The summed E-state index contributed by atoms with van der Waals surface area (Å²) in [6.07, 6.45) is 5.53. The number of hydrogen-bond donors (Lipinski definition) is 2. The van der Waals surface area contributed by atoms with E-state index in [1.54, 1.807) is 0 Å². The first kappa shape index (κ1) is 20.3. The fraction of sp³-hybridized carbons (Fsp3) is 0.571. The SMILES string of the molecule is N#Cc1ccc(CN2CCN(CC(=O)NC(=O)NC3CCCCC3)CC2)cc1. The zero-order valence-electron chi connectivity index (χ0n) is 16.3. The minimum absolute atomic E-state index is 0.201. The number of hydrogen-bond acceptors (Lipinski definition) is 5. The van der Waals surface area contributed by atoms with Crippen LogP contribution in [0.4, 0.5) is 4.79 Å². The monoisotopic (exact) mass is 383 g/mol. The van der Waals surface area contributed by atoms with Crippen LogP contribution in [0.15, 0.2) is 24.3 Å². The maximum atomic E-state index is 12.1. The predicted molar refractivity (Wildman–Crippen MR) is 106 cm³/mol. The van der Waals surface area contributed by atoms with E-state index in [2.05, 4.69) is 26.5 Å². The molecule has 150 valence electrons. The van der Waals surface area contributed by atoms with Crippen LogP contribution in [0.3, 0.4) is 0 Å². The van der Waals surface area contributed by atoms with E-state index in [1.165, 1.54) is 12.0 Å². The molecule has 1 aliphatic carbocycles. The van der Waals surface area contributed by atoms with Crippen molar-refractivity contribution in [2.24, 2.45) is 0 Å². The summed E-state index contributed by atoms with van der Waals surface area (Å²) in [5, 5.41) is 14.2. The third kappa shape index (κ3) is 6.32.